The molecule has 0 aliphatic carbocycles. The van der Waals surface area contributed by atoms with Gasteiger partial charge in [-0.2, -0.15) is 0 Å². The Balaban J connectivity index is 1.87. The molecule has 13 nitrogen and oxygen atoms in total. The number of thiocarbonyl (C=S) groups is 1. The van der Waals surface area contributed by atoms with Crippen molar-refractivity contribution in [3.8, 4) is 0 Å². The number of carbonyl (C=O) groups is 1. The van der Waals surface area contributed by atoms with Gasteiger partial charge in [0.25, 0.3) is 0 Å². The van der Waals surface area contributed by atoms with Crippen LogP contribution in [0, 0.1) is 17.8 Å². The Hall–Kier alpha value is -1.98. The van der Waals surface area contributed by atoms with Gasteiger partial charge in [0.2, 0.25) is 0 Å². The van der Waals surface area contributed by atoms with Crippen molar-refractivity contribution in [2.45, 2.75) is 154 Å². The molecule has 2 aliphatic rings. The number of rotatable bonds is 11. The Kier molecular flexibility index (Phi) is 18.2. The van der Waals surface area contributed by atoms with Crippen molar-refractivity contribution in [3.05, 3.63) is 35.9 Å². The number of aliphatic hydroxyl groups excluding tert-OH is 3. The molecule has 55 heavy (non-hydrogen) atoms. The van der Waals surface area contributed by atoms with Crippen LogP contribution in [0.1, 0.15) is 86.6 Å². The van der Waals surface area contributed by atoms with Crippen LogP contribution in [0.4, 0.5) is 0 Å². The molecule has 7 N–H and O–H groups in total. The third-order valence-electron chi connectivity index (χ3n) is 11.7. The van der Waals surface area contributed by atoms with Crippen LogP contribution < -0.4 is 10.6 Å². The van der Waals surface area contributed by atoms with Crippen LogP contribution in [0.5, 0.6) is 0 Å². The lowest BCUT2D eigenvalue weighted by atomic mass is 9.78. The maximum atomic E-state index is 13.6. The Morgan fingerprint density at radius 2 is 1.65 bits per heavy atom. The van der Waals surface area contributed by atoms with Gasteiger partial charge < -0.3 is 55.3 Å². The second kappa shape index (κ2) is 21.1. The van der Waals surface area contributed by atoms with Crippen LogP contribution in [-0.4, -0.2) is 153 Å². The predicted molar refractivity (Wildman–Crippen MR) is 217 cm³/mol. The molecule has 3 rings (SSSR count). The Morgan fingerprint density at radius 3 is 2.27 bits per heavy atom. The van der Waals surface area contributed by atoms with Gasteiger partial charge in [-0.3, -0.25) is 9.69 Å². The molecule has 0 bridgehead atoms. The van der Waals surface area contributed by atoms with Gasteiger partial charge in [-0.1, -0.05) is 51.1 Å². The van der Waals surface area contributed by atoms with E-state index in [-0.39, 0.29) is 30.9 Å². The number of nitrogens with one attached hydrogen (secondary N) is 2. The van der Waals surface area contributed by atoms with Crippen LogP contribution in [-0.2, 0) is 25.4 Å². The molecule has 0 unspecified atom stereocenters. The molecule has 2 fully saturated rings. The summed E-state index contributed by atoms with van der Waals surface area (Å²) in [5.74, 6) is -2.82. The van der Waals surface area contributed by atoms with Crippen LogP contribution in [0.3, 0.4) is 0 Å². The maximum Gasteiger partial charge on any atom is 0.311 e. The van der Waals surface area contributed by atoms with Crippen molar-refractivity contribution in [1.29, 1.82) is 0 Å². The van der Waals surface area contributed by atoms with E-state index in [1.54, 1.807) is 20.8 Å². The first-order valence-electron chi connectivity index (χ1n) is 20.2. The lowest BCUT2D eigenvalue weighted by Gasteiger charge is -2.46. The normalized spacial score (nSPS) is 38.8. The van der Waals surface area contributed by atoms with E-state index in [4.69, 9.17) is 26.4 Å². The number of hydrogen-bond donors (Lipinski definition) is 7. The quantitative estimate of drug-likeness (QED) is 0.0988. The summed E-state index contributed by atoms with van der Waals surface area (Å²) in [6.07, 6.45) is -4.65. The van der Waals surface area contributed by atoms with Crippen molar-refractivity contribution in [1.82, 2.24) is 20.4 Å². The molecular formula is C41H72N4O9S. The van der Waals surface area contributed by atoms with Gasteiger partial charge in [-0.15, -0.1) is 0 Å². The Morgan fingerprint density at radius 1 is 1.02 bits per heavy atom. The zero-order valence-electron chi connectivity index (χ0n) is 34.9. The van der Waals surface area contributed by atoms with Gasteiger partial charge in [-0.25, -0.2) is 0 Å². The number of carbonyl (C=O) groups excluding carboxylic acids is 1. The molecule has 0 radical (unpaired) electrons. The summed E-state index contributed by atoms with van der Waals surface area (Å²) in [4.78, 5) is 17.6. The first kappa shape index (κ1) is 47.4. The van der Waals surface area contributed by atoms with Crippen molar-refractivity contribution >= 4 is 23.3 Å². The number of cyclic esters (lactones) is 1. The number of nitrogens with zero attached hydrogens (tertiary/aromatic N) is 2. The van der Waals surface area contributed by atoms with Gasteiger partial charge in [0.15, 0.2) is 11.4 Å². The average molecular weight is 797 g/mol. The van der Waals surface area contributed by atoms with Gasteiger partial charge in [0.1, 0.15) is 23.9 Å². The highest BCUT2D eigenvalue weighted by Crippen LogP contribution is 2.36. The molecule has 0 amide bonds. The summed E-state index contributed by atoms with van der Waals surface area (Å²) in [6.45, 7) is 16.1. The smallest absolute Gasteiger partial charge is 0.311 e. The summed E-state index contributed by atoms with van der Waals surface area (Å²) in [5, 5.41) is 66.0. The molecule has 0 saturated carbocycles. The molecular weight excluding hydrogens is 725 g/mol. The van der Waals surface area contributed by atoms with Gasteiger partial charge in [-0.05, 0) is 105 Å². The molecule has 2 aliphatic heterocycles. The van der Waals surface area contributed by atoms with Crippen LogP contribution in [0.2, 0.25) is 0 Å². The van der Waals surface area contributed by atoms with Crippen LogP contribution in [0.25, 0.3) is 0 Å². The van der Waals surface area contributed by atoms with Crippen molar-refractivity contribution in [2.75, 3.05) is 40.3 Å². The van der Waals surface area contributed by atoms with Crippen molar-refractivity contribution in [2.24, 2.45) is 17.8 Å². The minimum absolute atomic E-state index is 0.174. The monoisotopic (exact) mass is 797 g/mol. The lowest BCUT2D eigenvalue weighted by Crippen LogP contribution is -2.59. The van der Waals surface area contributed by atoms with E-state index >= 15 is 0 Å². The minimum Gasteiger partial charge on any atom is -0.459 e. The lowest BCUT2D eigenvalue weighted by molar-refractivity contribution is -0.299. The fourth-order valence-corrected chi connectivity index (χ4v) is 8.62. The largest absolute Gasteiger partial charge is 0.459 e. The predicted octanol–water partition coefficient (Wildman–Crippen LogP) is 2.44. The summed E-state index contributed by atoms with van der Waals surface area (Å²) < 4.78 is 18.5. The number of hydrogen-bond acceptors (Lipinski definition) is 12. The first-order chi connectivity index (χ1) is 25.7. The number of aliphatic hydroxyl groups is 5. The highest BCUT2D eigenvalue weighted by atomic mass is 32.1. The topological polar surface area (TPSA) is 176 Å². The molecule has 2 heterocycles. The van der Waals surface area contributed by atoms with Crippen LogP contribution in [0.15, 0.2) is 30.3 Å². The third kappa shape index (κ3) is 13.0. The average Bonchev–Trinajstić information content (AvgIpc) is 3.12. The molecule has 0 spiro atoms. The number of likely N-dealkylation sites (N-methyl/N-ethyl adjacent to an activating group) is 1. The van der Waals surface area contributed by atoms with E-state index in [1.165, 1.54) is 19.4 Å². The van der Waals surface area contributed by atoms with Crippen molar-refractivity contribution in [3.63, 3.8) is 0 Å². The summed E-state index contributed by atoms with van der Waals surface area (Å²) in [7, 11) is 3.76. The van der Waals surface area contributed by atoms with E-state index in [0.717, 1.165) is 6.42 Å². The SMILES string of the molecule is CC[C@H]1OC(=O)[C@H](C)[C@@H](O)[C@H](C)[C@@H](O[C@@H]2O[C@H](C)C[C@H](N(C)C)[C@H]2O)[C@](C)(O)C[C@@H](C)CN(CCCNC(=S)NCCc2ccccc2)[C@H](C)[C@@H](O)[C@]1(C)O. The first-order valence-corrected chi connectivity index (χ1v) is 20.6. The van der Waals surface area contributed by atoms with E-state index in [2.05, 4.69) is 27.7 Å². The third-order valence-corrected chi connectivity index (χ3v) is 12.0. The van der Waals surface area contributed by atoms with Gasteiger partial charge in [0, 0.05) is 44.2 Å². The molecule has 14 heteroatoms. The van der Waals surface area contributed by atoms with Crippen molar-refractivity contribution < 1.29 is 44.5 Å². The second-order valence-corrected chi connectivity index (χ2v) is 17.4. The molecule has 2 saturated heterocycles. The molecule has 14 atom stereocenters. The zero-order valence-corrected chi connectivity index (χ0v) is 35.7. The molecule has 1 aromatic carbocycles. The molecule has 316 valence electrons. The van der Waals surface area contributed by atoms with Gasteiger partial charge in [0.05, 0.1) is 29.8 Å². The van der Waals surface area contributed by atoms with Crippen LogP contribution >= 0.6 is 12.2 Å². The molecule has 0 aromatic heterocycles. The van der Waals surface area contributed by atoms with E-state index in [1.807, 2.05) is 58.0 Å². The Bertz CT molecular complexity index is 1320. The second-order valence-electron chi connectivity index (χ2n) is 16.9. The highest BCUT2D eigenvalue weighted by Gasteiger charge is 2.50. The fourth-order valence-electron chi connectivity index (χ4n) is 8.41. The Labute approximate surface area is 335 Å². The molecule has 1 aromatic rings. The summed E-state index contributed by atoms with van der Waals surface area (Å²) in [5.41, 5.74) is -2.17. The van der Waals surface area contributed by atoms with E-state index < -0.39 is 71.9 Å². The maximum absolute atomic E-state index is 13.6. The standard InChI is InChI=1S/C41H72N4O9S/c1-11-32-41(8,51)35(48)29(6)45(21-15-19-42-39(55)43-20-18-30-16-13-12-14-17-30)24-25(2)23-40(7,50)36(27(4)33(46)28(5)37(49)53-32)54-38-34(47)31(44(9)10)22-26(3)52-38/h12-14,16-17,25-29,31-36,38,46-48,50-51H,11,15,18-24H2,1-10H3,(H2,42,43,55)/t25-,26-,27+,28-,29-,31+,32-,33+,34-,35-,36-,38+,40-,41-/m1/s1. The van der Waals surface area contributed by atoms with E-state index in [0.29, 0.717) is 44.1 Å². The highest BCUT2D eigenvalue weighted by molar-refractivity contribution is 7.80. The minimum atomic E-state index is -1.82. The summed E-state index contributed by atoms with van der Waals surface area (Å²) in [6, 6.07) is 9.33. The summed E-state index contributed by atoms with van der Waals surface area (Å²) >= 11 is 5.52. The number of ether oxygens (including phenoxy) is 3. The van der Waals surface area contributed by atoms with E-state index in [9.17, 15) is 30.3 Å². The fraction of sp³-hybridized carbons (Fsp3) is 0.805. The zero-order chi connectivity index (χ0) is 41.2. The number of benzene rings is 1. The number of esters is 1. The van der Waals surface area contributed by atoms with Gasteiger partial charge >= 0.3 is 5.97 Å².